The first-order chi connectivity index (χ1) is 12.2. The largest absolute Gasteiger partial charge is 0.378 e. The highest BCUT2D eigenvalue weighted by atomic mass is 16.5. The average Bonchev–Trinajstić information content (AvgIpc) is 2.68. The van der Waals surface area contributed by atoms with Gasteiger partial charge in [0.2, 0.25) is 5.91 Å². The quantitative estimate of drug-likeness (QED) is 0.906. The summed E-state index contributed by atoms with van der Waals surface area (Å²) in [4.78, 5) is 15.5. The van der Waals surface area contributed by atoms with Gasteiger partial charge >= 0.3 is 0 Å². The Labute approximate surface area is 149 Å². The third-order valence-electron chi connectivity index (χ3n) is 4.55. The summed E-state index contributed by atoms with van der Waals surface area (Å²) in [6.07, 6.45) is 0. The van der Waals surface area contributed by atoms with E-state index in [9.17, 15) is 4.79 Å². The molecule has 5 nitrogen and oxygen atoms in total. The number of hydrogen-bond donors (Lipinski definition) is 1. The summed E-state index contributed by atoms with van der Waals surface area (Å²) in [7, 11) is 1.77. The second kappa shape index (κ2) is 8.14. The second-order valence-corrected chi connectivity index (χ2v) is 6.30. The Morgan fingerprint density at radius 1 is 1.04 bits per heavy atom. The molecule has 5 heteroatoms. The van der Waals surface area contributed by atoms with Crippen LogP contribution in [0.5, 0.6) is 0 Å². The van der Waals surface area contributed by atoms with Gasteiger partial charge in [0.15, 0.2) is 0 Å². The maximum atomic E-state index is 11.6. The lowest BCUT2D eigenvalue weighted by atomic mass is 10.0. The predicted octanol–water partition coefficient (Wildman–Crippen LogP) is 2.11. The molecule has 3 rings (SSSR count). The lowest BCUT2D eigenvalue weighted by molar-refractivity contribution is -0.128. The van der Waals surface area contributed by atoms with E-state index in [1.807, 2.05) is 0 Å². The Balaban J connectivity index is 1.66. The molecule has 1 fully saturated rings. The van der Waals surface area contributed by atoms with Gasteiger partial charge in [0.25, 0.3) is 0 Å². The molecule has 0 spiro atoms. The van der Waals surface area contributed by atoms with Crippen LogP contribution in [-0.4, -0.2) is 50.7 Å². The van der Waals surface area contributed by atoms with Gasteiger partial charge in [0.1, 0.15) is 0 Å². The Morgan fingerprint density at radius 2 is 1.60 bits per heavy atom. The Bertz CT molecular complexity index is 692. The summed E-state index contributed by atoms with van der Waals surface area (Å²) in [6, 6.07) is 17.0. The smallest absolute Gasteiger partial charge is 0.236 e. The molecule has 2 N–H and O–H groups in total. The number of nitrogens with zero attached hydrogens (tertiary/aromatic N) is 2. The molecular formula is C20H25N3O2. The maximum Gasteiger partial charge on any atom is 0.236 e. The van der Waals surface area contributed by atoms with E-state index in [-0.39, 0.29) is 12.5 Å². The lowest BCUT2D eigenvalue weighted by Gasteiger charge is -2.28. The Morgan fingerprint density at radius 3 is 2.16 bits per heavy atom. The zero-order valence-corrected chi connectivity index (χ0v) is 14.6. The molecule has 1 aliphatic heterocycles. The topological polar surface area (TPSA) is 58.8 Å². The zero-order chi connectivity index (χ0) is 17.6. The van der Waals surface area contributed by atoms with Crippen molar-refractivity contribution in [3.8, 4) is 11.1 Å². The third-order valence-corrected chi connectivity index (χ3v) is 4.55. The number of ether oxygens (including phenoxy) is 1. The van der Waals surface area contributed by atoms with Crippen LogP contribution in [0, 0.1) is 0 Å². The predicted molar refractivity (Wildman–Crippen MR) is 100 cm³/mol. The van der Waals surface area contributed by atoms with Crippen LogP contribution in [0.2, 0.25) is 0 Å². The molecule has 0 aromatic heterocycles. The molecule has 0 saturated carbocycles. The first-order valence-electron chi connectivity index (χ1n) is 8.63. The van der Waals surface area contributed by atoms with Gasteiger partial charge in [-0.25, -0.2) is 0 Å². The highest BCUT2D eigenvalue weighted by molar-refractivity contribution is 5.77. The number of carbonyl (C=O) groups is 1. The van der Waals surface area contributed by atoms with Crippen molar-refractivity contribution in [2.24, 2.45) is 5.73 Å². The second-order valence-electron chi connectivity index (χ2n) is 6.30. The average molecular weight is 339 g/mol. The summed E-state index contributed by atoms with van der Waals surface area (Å²) in [6.45, 7) is 4.11. The van der Waals surface area contributed by atoms with Crippen LogP contribution in [0.3, 0.4) is 0 Å². The van der Waals surface area contributed by atoms with Gasteiger partial charge in [-0.15, -0.1) is 0 Å². The third kappa shape index (κ3) is 4.38. The summed E-state index contributed by atoms with van der Waals surface area (Å²) in [5.41, 5.74) is 10.1. The molecule has 2 aromatic carbocycles. The molecule has 1 amide bonds. The monoisotopic (exact) mass is 339 g/mol. The number of amides is 1. The number of morpholine rings is 1. The summed E-state index contributed by atoms with van der Waals surface area (Å²) in [5.74, 6) is -0.0530. The van der Waals surface area contributed by atoms with Crippen molar-refractivity contribution >= 4 is 11.6 Å². The normalized spacial score (nSPS) is 14.4. The molecule has 0 radical (unpaired) electrons. The van der Waals surface area contributed by atoms with Gasteiger partial charge in [0, 0.05) is 32.4 Å². The minimum absolute atomic E-state index is 0.0457. The molecule has 1 aliphatic rings. The maximum absolute atomic E-state index is 11.6. The fourth-order valence-corrected chi connectivity index (χ4v) is 3.01. The molecule has 1 heterocycles. The van der Waals surface area contributed by atoms with Crippen molar-refractivity contribution in [1.29, 1.82) is 0 Å². The minimum Gasteiger partial charge on any atom is -0.378 e. The van der Waals surface area contributed by atoms with E-state index in [2.05, 4.69) is 53.4 Å². The molecule has 0 unspecified atom stereocenters. The van der Waals surface area contributed by atoms with Crippen LogP contribution >= 0.6 is 0 Å². The van der Waals surface area contributed by atoms with Crippen LogP contribution in [0.1, 0.15) is 5.56 Å². The van der Waals surface area contributed by atoms with Gasteiger partial charge in [-0.1, -0.05) is 36.4 Å². The van der Waals surface area contributed by atoms with Gasteiger partial charge < -0.3 is 20.3 Å². The minimum atomic E-state index is -0.0530. The Kier molecular flexibility index (Phi) is 5.68. The van der Waals surface area contributed by atoms with Crippen LogP contribution in [0.4, 0.5) is 5.69 Å². The van der Waals surface area contributed by atoms with Crippen LogP contribution in [-0.2, 0) is 16.1 Å². The first kappa shape index (κ1) is 17.5. The van der Waals surface area contributed by atoms with Crippen molar-refractivity contribution in [3.63, 3.8) is 0 Å². The fraction of sp³-hybridized carbons (Fsp3) is 0.350. The molecule has 2 aromatic rings. The summed E-state index contributed by atoms with van der Waals surface area (Å²) >= 11 is 0. The number of anilines is 1. The van der Waals surface area contributed by atoms with E-state index in [0.717, 1.165) is 31.9 Å². The van der Waals surface area contributed by atoms with Crippen molar-refractivity contribution in [1.82, 2.24) is 4.90 Å². The molecular weight excluding hydrogens is 314 g/mol. The van der Waals surface area contributed by atoms with E-state index in [4.69, 9.17) is 10.5 Å². The highest BCUT2D eigenvalue weighted by Gasteiger charge is 2.11. The Hall–Kier alpha value is -2.37. The van der Waals surface area contributed by atoms with Crippen molar-refractivity contribution in [2.45, 2.75) is 6.54 Å². The van der Waals surface area contributed by atoms with Crippen molar-refractivity contribution in [3.05, 3.63) is 54.1 Å². The number of rotatable bonds is 5. The number of hydrogen-bond acceptors (Lipinski definition) is 4. The highest BCUT2D eigenvalue weighted by Crippen LogP contribution is 2.24. The van der Waals surface area contributed by atoms with E-state index >= 15 is 0 Å². The summed E-state index contributed by atoms with van der Waals surface area (Å²) in [5, 5.41) is 0. The number of carbonyl (C=O) groups excluding carboxylic acids is 1. The molecule has 0 atom stereocenters. The molecule has 25 heavy (non-hydrogen) atoms. The number of benzene rings is 2. The van der Waals surface area contributed by atoms with Gasteiger partial charge in [-0.3, -0.25) is 4.79 Å². The lowest BCUT2D eigenvalue weighted by Crippen LogP contribution is -2.36. The van der Waals surface area contributed by atoms with Crippen LogP contribution in [0.15, 0.2) is 48.5 Å². The molecule has 0 bridgehead atoms. The molecule has 132 valence electrons. The molecule has 0 aliphatic carbocycles. The van der Waals surface area contributed by atoms with Crippen molar-refractivity contribution < 1.29 is 9.53 Å². The zero-order valence-electron chi connectivity index (χ0n) is 14.6. The fourth-order valence-electron chi connectivity index (χ4n) is 3.01. The van der Waals surface area contributed by atoms with E-state index in [1.54, 1.807) is 11.9 Å². The van der Waals surface area contributed by atoms with Crippen molar-refractivity contribution in [2.75, 3.05) is 44.8 Å². The molecule has 1 saturated heterocycles. The van der Waals surface area contributed by atoms with E-state index in [0.29, 0.717) is 6.54 Å². The number of likely N-dealkylation sites (N-methyl/N-ethyl adjacent to an activating group) is 1. The summed E-state index contributed by atoms with van der Waals surface area (Å²) < 4.78 is 5.40. The van der Waals surface area contributed by atoms with Gasteiger partial charge in [0.05, 0.1) is 19.8 Å². The number of nitrogens with two attached hydrogens (primary N) is 1. The first-order valence-corrected chi connectivity index (χ1v) is 8.63. The standard InChI is InChI=1S/C20H25N3O2/c1-22(20(24)14-21)15-16-2-4-17(5-3-16)18-6-8-19(9-7-18)23-10-12-25-13-11-23/h2-9H,10-15,21H2,1H3. The SMILES string of the molecule is CN(Cc1ccc(-c2ccc(N3CCOCC3)cc2)cc1)C(=O)CN. The van der Waals surface area contributed by atoms with Gasteiger partial charge in [-0.2, -0.15) is 0 Å². The van der Waals surface area contributed by atoms with Crippen LogP contribution < -0.4 is 10.6 Å². The van der Waals surface area contributed by atoms with E-state index < -0.39 is 0 Å². The van der Waals surface area contributed by atoms with Gasteiger partial charge in [-0.05, 0) is 28.8 Å². The van der Waals surface area contributed by atoms with E-state index in [1.165, 1.54) is 16.8 Å². The van der Waals surface area contributed by atoms with Crippen LogP contribution in [0.25, 0.3) is 11.1 Å².